The standard InChI is InChI=1S/C14H20N2O4/c1-9-6-10(17)7-13(20-9)14(19)16-5-4-11(15(2)3)12(18)8-16/h6-7,11-12,18H,4-5,8H2,1-3H3/t11-,12-/m0/s1. The Morgan fingerprint density at radius 3 is 2.70 bits per heavy atom. The lowest BCUT2D eigenvalue weighted by molar-refractivity contribution is 0.00471. The molecule has 1 aliphatic rings. The fourth-order valence-corrected chi connectivity index (χ4v) is 2.57. The van der Waals surface area contributed by atoms with E-state index in [9.17, 15) is 14.7 Å². The summed E-state index contributed by atoms with van der Waals surface area (Å²) in [5, 5.41) is 10.1. The highest BCUT2D eigenvalue weighted by Crippen LogP contribution is 2.17. The molecule has 1 aromatic rings. The molecule has 110 valence electrons. The van der Waals surface area contributed by atoms with Gasteiger partial charge in [-0.3, -0.25) is 9.59 Å². The molecule has 0 radical (unpaired) electrons. The number of likely N-dealkylation sites (tertiary alicyclic amines) is 1. The molecule has 6 nitrogen and oxygen atoms in total. The van der Waals surface area contributed by atoms with E-state index in [0.717, 1.165) is 0 Å². The molecule has 2 atom stereocenters. The summed E-state index contributed by atoms with van der Waals surface area (Å²) >= 11 is 0. The second kappa shape index (κ2) is 5.76. The molecule has 2 heterocycles. The monoisotopic (exact) mass is 280 g/mol. The smallest absolute Gasteiger partial charge is 0.289 e. The molecule has 1 saturated heterocycles. The predicted molar refractivity (Wildman–Crippen MR) is 73.7 cm³/mol. The zero-order valence-corrected chi connectivity index (χ0v) is 12.0. The van der Waals surface area contributed by atoms with Crippen molar-refractivity contribution in [3.05, 3.63) is 33.9 Å². The van der Waals surface area contributed by atoms with E-state index in [1.165, 1.54) is 17.0 Å². The minimum absolute atomic E-state index is 0.0329. The molecule has 0 spiro atoms. The first-order chi connectivity index (χ1) is 9.38. The van der Waals surface area contributed by atoms with E-state index < -0.39 is 6.10 Å². The number of β-amino-alcohol motifs (C(OH)–C–C–N with tert-alkyl or cyclic N) is 1. The molecule has 0 saturated carbocycles. The van der Waals surface area contributed by atoms with Gasteiger partial charge in [0.05, 0.1) is 6.10 Å². The molecule has 1 N–H and O–H groups in total. The van der Waals surface area contributed by atoms with E-state index in [0.29, 0.717) is 18.7 Å². The van der Waals surface area contributed by atoms with Gasteiger partial charge in [-0.15, -0.1) is 0 Å². The number of piperidine rings is 1. The summed E-state index contributed by atoms with van der Waals surface area (Å²) in [6.07, 6.45) is 0.0925. The third-order valence-electron chi connectivity index (χ3n) is 3.60. The van der Waals surface area contributed by atoms with Crippen molar-refractivity contribution in [1.29, 1.82) is 0 Å². The van der Waals surface area contributed by atoms with E-state index in [4.69, 9.17) is 4.42 Å². The van der Waals surface area contributed by atoms with Gasteiger partial charge in [0.15, 0.2) is 11.2 Å². The van der Waals surface area contributed by atoms with E-state index in [2.05, 4.69) is 0 Å². The van der Waals surface area contributed by atoms with Crippen LogP contribution in [0.2, 0.25) is 0 Å². The molecule has 0 aromatic carbocycles. The van der Waals surface area contributed by atoms with Crippen molar-refractivity contribution >= 4 is 5.91 Å². The molecule has 2 rings (SSSR count). The predicted octanol–water partition coefficient (Wildman–Crippen LogP) is 0.0852. The Balaban J connectivity index is 2.13. The van der Waals surface area contributed by atoms with Crippen LogP contribution in [0.3, 0.4) is 0 Å². The maximum absolute atomic E-state index is 12.3. The van der Waals surface area contributed by atoms with Gasteiger partial charge in [-0.25, -0.2) is 0 Å². The normalized spacial score (nSPS) is 23.1. The topological polar surface area (TPSA) is 74.0 Å². The van der Waals surface area contributed by atoms with Crippen molar-refractivity contribution in [3.63, 3.8) is 0 Å². The lowest BCUT2D eigenvalue weighted by Crippen LogP contribution is -2.53. The summed E-state index contributed by atoms with van der Waals surface area (Å²) in [6, 6.07) is 2.58. The van der Waals surface area contributed by atoms with Crippen molar-refractivity contribution < 1.29 is 14.3 Å². The maximum Gasteiger partial charge on any atom is 0.289 e. The first kappa shape index (κ1) is 14.7. The molecular weight excluding hydrogens is 260 g/mol. The van der Waals surface area contributed by atoms with E-state index in [1.807, 2.05) is 19.0 Å². The number of nitrogens with zero attached hydrogens (tertiary/aromatic N) is 2. The van der Waals surface area contributed by atoms with Crippen LogP contribution in [0.25, 0.3) is 0 Å². The maximum atomic E-state index is 12.3. The van der Waals surface area contributed by atoms with E-state index in [-0.39, 0.29) is 29.7 Å². The largest absolute Gasteiger partial charge is 0.456 e. The summed E-state index contributed by atoms with van der Waals surface area (Å²) in [6.45, 7) is 2.42. The third kappa shape index (κ3) is 3.08. The van der Waals surface area contributed by atoms with Gasteiger partial charge in [0.25, 0.3) is 5.91 Å². The van der Waals surface area contributed by atoms with Crippen LogP contribution in [0.4, 0.5) is 0 Å². The van der Waals surface area contributed by atoms with Crippen LogP contribution in [0.15, 0.2) is 21.3 Å². The van der Waals surface area contributed by atoms with Crippen LogP contribution in [0.5, 0.6) is 0 Å². The number of hydrogen-bond acceptors (Lipinski definition) is 5. The van der Waals surface area contributed by atoms with Crippen molar-refractivity contribution in [2.75, 3.05) is 27.2 Å². The number of aliphatic hydroxyl groups excluding tert-OH is 1. The lowest BCUT2D eigenvalue weighted by Gasteiger charge is -2.38. The Labute approximate surface area is 117 Å². The Bertz CT molecular complexity index is 552. The van der Waals surface area contributed by atoms with Gasteiger partial charge >= 0.3 is 0 Å². The summed E-state index contributed by atoms with van der Waals surface area (Å²) in [5.74, 6) is 0.0946. The van der Waals surface area contributed by atoms with Gasteiger partial charge in [0.2, 0.25) is 0 Å². The quantitative estimate of drug-likeness (QED) is 0.831. The number of aliphatic hydroxyl groups is 1. The van der Waals surface area contributed by atoms with Crippen molar-refractivity contribution in [1.82, 2.24) is 9.80 Å². The second-order valence-electron chi connectivity index (χ2n) is 5.41. The van der Waals surface area contributed by atoms with Crippen molar-refractivity contribution in [2.24, 2.45) is 0 Å². The zero-order valence-electron chi connectivity index (χ0n) is 12.0. The number of amides is 1. The average Bonchev–Trinajstić information content (AvgIpc) is 2.36. The number of carbonyl (C=O) groups excluding carboxylic acids is 1. The number of rotatable bonds is 2. The molecule has 1 amide bonds. The van der Waals surface area contributed by atoms with Crippen LogP contribution in [0.1, 0.15) is 22.7 Å². The number of likely N-dealkylation sites (N-methyl/N-ethyl adjacent to an activating group) is 1. The Hall–Kier alpha value is -1.66. The van der Waals surface area contributed by atoms with E-state index >= 15 is 0 Å². The highest BCUT2D eigenvalue weighted by atomic mass is 16.3. The van der Waals surface area contributed by atoms with E-state index in [1.54, 1.807) is 6.92 Å². The Morgan fingerprint density at radius 1 is 1.45 bits per heavy atom. The molecule has 0 bridgehead atoms. The molecule has 1 aliphatic heterocycles. The van der Waals surface area contributed by atoms with Gasteiger partial charge in [0, 0.05) is 31.3 Å². The van der Waals surface area contributed by atoms with Gasteiger partial charge in [-0.05, 0) is 27.4 Å². The van der Waals surface area contributed by atoms with Crippen molar-refractivity contribution in [2.45, 2.75) is 25.5 Å². The second-order valence-corrected chi connectivity index (χ2v) is 5.41. The molecule has 1 aromatic heterocycles. The van der Waals surface area contributed by atoms with Gasteiger partial charge in [0.1, 0.15) is 5.76 Å². The minimum Gasteiger partial charge on any atom is -0.456 e. The highest BCUT2D eigenvalue weighted by Gasteiger charge is 2.32. The minimum atomic E-state index is -0.598. The Morgan fingerprint density at radius 2 is 2.15 bits per heavy atom. The average molecular weight is 280 g/mol. The first-order valence-electron chi connectivity index (χ1n) is 6.64. The molecule has 0 aliphatic carbocycles. The highest BCUT2D eigenvalue weighted by molar-refractivity contribution is 5.91. The molecule has 6 heteroatoms. The van der Waals surface area contributed by atoms with Gasteiger partial charge in [-0.1, -0.05) is 0 Å². The zero-order chi connectivity index (χ0) is 14.9. The molecular formula is C14H20N2O4. The third-order valence-corrected chi connectivity index (χ3v) is 3.60. The SMILES string of the molecule is Cc1cc(=O)cc(C(=O)N2CC[C@H](N(C)C)[C@@H](O)C2)o1. The number of aryl methyl sites for hydroxylation is 1. The molecule has 20 heavy (non-hydrogen) atoms. The first-order valence-corrected chi connectivity index (χ1v) is 6.64. The van der Waals surface area contributed by atoms with Crippen molar-refractivity contribution in [3.8, 4) is 0 Å². The van der Waals surface area contributed by atoms with Crippen LogP contribution in [-0.2, 0) is 0 Å². The lowest BCUT2D eigenvalue weighted by atomic mass is 10.0. The van der Waals surface area contributed by atoms with Crippen LogP contribution < -0.4 is 5.43 Å². The summed E-state index contributed by atoms with van der Waals surface area (Å²) in [5.41, 5.74) is -0.249. The fourth-order valence-electron chi connectivity index (χ4n) is 2.57. The molecule has 1 fully saturated rings. The van der Waals surface area contributed by atoms with Crippen LogP contribution in [-0.4, -0.2) is 60.1 Å². The van der Waals surface area contributed by atoms with Gasteiger partial charge < -0.3 is 19.3 Å². The van der Waals surface area contributed by atoms with Crippen LogP contribution >= 0.6 is 0 Å². The number of hydrogen-bond donors (Lipinski definition) is 1. The van der Waals surface area contributed by atoms with Gasteiger partial charge in [-0.2, -0.15) is 0 Å². The molecule has 0 unspecified atom stereocenters. The number of carbonyl (C=O) groups is 1. The Kier molecular flexibility index (Phi) is 4.25. The van der Waals surface area contributed by atoms with Crippen LogP contribution in [0, 0.1) is 6.92 Å². The summed E-state index contributed by atoms with van der Waals surface area (Å²) in [7, 11) is 3.82. The summed E-state index contributed by atoms with van der Waals surface area (Å²) < 4.78 is 5.30. The summed E-state index contributed by atoms with van der Waals surface area (Å²) in [4.78, 5) is 27.2. The fraction of sp³-hybridized carbons (Fsp3) is 0.571.